The molecule has 0 radical (unpaired) electrons. The van der Waals surface area contributed by atoms with Gasteiger partial charge in [0, 0.05) is 43.7 Å². The molecular formula is C45H41FN8O3. The van der Waals surface area contributed by atoms with Crippen LogP contribution in [0.2, 0.25) is 0 Å². The molecule has 0 saturated carbocycles. The number of benzene rings is 4. The number of pyridine rings is 1. The number of hydrogen-bond acceptors (Lipinski definition) is 9. The first-order valence-corrected chi connectivity index (χ1v) is 18.6. The first-order valence-electron chi connectivity index (χ1n) is 18.6. The van der Waals surface area contributed by atoms with Crippen molar-refractivity contribution in [3.8, 4) is 22.8 Å². The summed E-state index contributed by atoms with van der Waals surface area (Å²) in [6.45, 7) is 2.79. The number of ether oxygens (including phenoxy) is 3. The summed E-state index contributed by atoms with van der Waals surface area (Å²) < 4.78 is 37.8. The van der Waals surface area contributed by atoms with Crippen LogP contribution in [-0.4, -0.2) is 55.1 Å². The lowest BCUT2D eigenvalue weighted by molar-refractivity contribution is 0.131. The van der Waals surface area contributed by atoms with E-state index >= 15 is 4.39 Å². The number of nitrogens with zero attached hydrogens (tertiary/aromatic N) is 8. The lowest BCUT2D eigenvalue weighted by Gasteiger charge is -2.39. The molecule has 11 nitrogen and oxygen atoms in total. The number of imidazole rings is 1. The normalized spacial score (nSPS) is 11.5. The van der Waals surface area contributed by atoms with Crippen molar-refractivity contribution in [2.24, 2.45) is 7.05 Å². The zero-order valence-corrected chi connectivity index (χ0v) is 32.1. The van der Waals surface area contributed by atoms with Gasteiger partial charge in [0.1, 0.15) is 28.4 Å². The monoisotopic (exact) mass is 760 g/mol. The SMILES string of the molecule is CCOCc1cn(C(c2ccccc2)(c2ccccc2)c2ccccc2)c(CN(c2ccc3ncc(-c4cnn(C)c4)nc3n2)c2cc(OC)cc(OC)c2F)n1. The van der Waals surface area contributed by atoms with Crippen LogP contribution in [0.3, 0.4) is 0 Å². The minimum absolute atomic E-state index is 0.0152. The predicted molar refractivity (Wildman–Crippen MR) is 217 cm³/mol. The Labute approximate surface area is 330 Å². The van der Waals surface area contributed by atoms with Gasteiger partial charge in [-0.25, -0.2) is 19.3 Å². The van der Waals surface area contributed by atoms with E-state index in [1.807, 2.05) is 87.0 Å². The van der Waals surface area contributed by atoms with E-state index in [-0.39, 0.29) is 24.6 Å². The molecule has 0 aliphatic heterocycles. The van der Waals surface area contributed by atoms with Gasteiger partial charge in [0.05, 0.1) is 56.8 Å². The largest absolute Gasteiger partial charge is 0.497 e. The average Bonchev–Trinajstić information content (AvgIpc) is 3.89. The fourth-order valence-electron chi connectivity index (χ4n) is 7.29. The highest BCUT2D eigenvalue weighted by Crippen LogP contribution is 2.43. The van der Waals surface area contributed by atoms with Crippen LogP contribution >= 0.6 is 0 Å². The maximum atomic E-state index is 16.8. The smallest absolute Gasteiger partial charge is 0.188 e. The van der Waals surface area contributed by atoms with Crippen LogP contribution < -0.4 is 14.4 Å². The molecule has 8 rings (SSSR count). The highest BCUT2D eigenvalue weighted by atomic mass is 19.1. The molecule has 0 bridgehead atoms. The molecule has 0 unspecified atom stereocenters. The van der Waals surface area contributed by atoms with Crippen LogP contribution in [0.15, 0.2) is 140 Å². The standard InChI is InChI=1S/C45H41FN8O3/c1-5-57-30-35-28-54(45(32-15-9-6-10-16-32,33-17-11-7-12-18-33)34-19-13-8-14-20-34)42(49-35)29-53(39-23-36(55-3)24-40(56-4)43(39)46)41-22-21-37-44(51-41)50-38(26-47-37)31-25-48-52(2)27-31/h6-28H,5,29-30H2,1-4H3. The molecule has 286 valence electrons. The van der Waals surface area contributed by atoms with Crippen molar-refractivity contribution in [2.75, 3.05) is 25.7 Å². The molecule has 0 saturated heterocycles. The van der Waals surface area contributed by atoms with Gasteiger partial charge in [-0.15, -0.1) is 0 Å². The Morgan fingerprint density at radius 2 is 1.42 bits per heavy atom. The molecule has 0 amide bonds. The topological polar surface area (TPSA) is 105 Å². The summed E-state index contributed by atoms with van der Waals surface area (Å²) in [4.78, 5) is 21.6. The van der Waals surface area contributed by atoms with E-state index in [4.69, 9.17) is 29.2 Å². The number of methoxy groups -OCH3 is 2. The number of hydrogen-bond donors (Lipinski definition) is 0. The van der Waals surface area contributed by atoms with E-state index in [0.29, 0.717) is 46.6 Å². The molecule has 0 atom stereocenters. The molecule has 0 fully saturated rings. The lowest BCUT2D eigenvalue weighted by atomic mass is 9.76. The van der Waals surface area contributed by atoms with Crippen LogP contribution in [0.4, 0.5) is 15.9 Å². The van der Waals surface area contributed by atoms with Crippen molar-refractivity contribution in [1.29, 1.82) is 0 Å². The van der Waals surface area contributed by atoms with Crippen molar-refractivity contribution >= 4 is 22.7 Å². The maximum Gasteiger partial charge on any atom is 0.188 e. The molecule has 0 aliphatic carbocycles. The third-order valence-electron chi connectivity index (χ3n) is 9.93. The third-order valence-corrected chi connectivity index (χ3v) is 9.93. The first kappa shape index (κ1) is 37.0. The Morgan fingerprint density at radius 1 is 0.754 bits per heavy atom. The summed E-state index contributed by atoms with van der Waals surface area (Å²) in [7, 11) is 4.80. The van der Waals surface area contributed by atoms with Gasteiger partial charge in [-0.3, -0.25) is 9.67 Å². The number of rotatable bonds is 14. The molecule has 12 heteroatoms. The molecule has 4 heterocycles. The Balaban J connectivity index is 1.39. The summed E-state index contributed by atoms with van der Waals surface area (Å²) in [6, 6.07) is 37.8. The molecule has 0 N–H and O–H groups in total. The molecule has 8 aromatic rings. The number of aromatic nitrogens is 7. The minimum atomic E-state index is -0.923. The summed E-state index contributed by atoms with van der Waals surface area (Å²) in [6.07, 6.45) is 7.32. The molecule has 0 aliphatic rings. The lowest BCUT2D eigenvalue weighted by Crippen LogP contribution is -2.39. The third kappa shape index (κ3) is 7.07. The summed E-state index contributed by atoms with van der Waals surface area (Å²) in [5.74, 6) is 0.838. The van der Waals surface area contributed by atoms with Crippen LogP contribution in [0, 0.1) is 5.82 Å². The maximum absolute atomic E-state index is 16.8. The zero-order chi connectivity index (χ0) is 39.4. The molecule has 57 heavy (non-hydrogen) atoms. The average molecular weight is 761 g/mol. The molecule has 4 aromatic heterocycles. The Bertz CT molecular complexity index is 2520. The predicted octanol–water partition coefficient (Wildman–Crippen LogP) is 8.49. The number of fused-ring (bicyclic) bond motifs is 1. The Kier molecular flexibility index (Phi) is 10.4. The number of halogens is 1. The van der Waals surface area contributed by atoms with Crippen LogP contribution in [0.5, 0.6) is 11.5 Å². The van der Waals surface area contributed by atoms with Gasteiger partial charge in [-0.1, -0.05) is 91.0 Å². The van der Waals surface area contributed by atoms with Crippen molar-refractivity contribution in [3.05, 3.63) is 174 Å². The summed E-state index contributed by atoms with van der Waals surface area (Å²) >= 11 is 0. The molecule has 4 aromatic carbocycles. The first-order chi connectivity index (χ1) is 27.9. The van der Waals surface area contributed by atoms with E-state index < -0.39 is 11.4 Å². The Hall–Kier alpha value is -6.92. The van der Waals surface area contributed by atoms with E-state index in [1.165, 1.54) is 20.3 Å². The molecular weight excluding hydrogens is 720 g/mol. The van der Waals surface area contributed by atoms with E-state index in [0.717, 1.165) is 22.3 Å². The van der Waals surface area contributed by atoms with Gasteiger partial charge in [0.25, 0.3) is 0 Å². The van der Waals surface area contributed by atoms with Crippen molar-refractivity contribution in [1.82, 2.24) is 34.3 Å². The van der Waals surface area contributed by atoms with Crippen LogP contribution in [-0.2, 0) is 30.5 Å². The second kappa shape index (κ2) is 16.0. The fourth-order valence-corrected chi connectivity index (χ4v) is 7.29. The number of anilines is 2. The highest BCUT2D eigenvalue weighted by molar-refractivity contribution is 5.77. The van der Waals surface area contributed by atoms with Gasteiger partial charge < -0.3 is 23.7 Å². The van der Waals surface area contributed by atoms with Gasteiger partial charge in [-0.2, -0.15) is 5.10 Å². The summed E-state index contributed by atoms with van der Waals surface area (Å²) in [5, 5.41) is 4.30. The van der Waals surface area contributed by atoms with Crippen LogP contribution in [0.1, 0.15) is 35.1 Å². The van der Waals surface area contributed by atoms with Crippen molar-refractivity contribution in [2.45, 2.75) is 25.6 Å². The van der Waals surface area contributed by atoms with Gasteiger partial charge in [-0.05, 0) is 35.7 Å². The minimum Gasteiger partial charge on any atom is -0.497 e. The van der Waals surface area contributed by atoms with Crippen LogP contribution in [0.25, 0.3) is 22.4 Å². The highest BCUT2D eigenvalue weighted by Gasteiger charge is 2.41. The van der Waals surface area contributed by atoms with E-state index in [9.17, 15) is 0 Å². The Morgan fingerprint density at radius 3 is 2.00 bits per heavy atom. The molecule has 0 spiro atoms. The van der Waals surface area contributed by atoms with Crippen molar-refractivity contribution in [3.63, 3.8) is 0 Å². The summed E-state index contributed by atoms with van der Waals surface area (Å²) in [5.41, 5.74) is 5.33. The van der Waals surface area contributed by atoms with Gasteiger partial charge in [0.2, 0.25) is 0 Å². The van der Waals surface area contributed by atoms with E-state index in [2.05, 4.69) is 51.0 Å². The van der Waals surface area contributed by atoms with E-state index in [1.54, 1.807) is 34.1 Å². The van der Waals surface area contributed by atoms with Gasteiger partial charge in [0.15, 0.2) is 17.2 Å². The fraction of sp³-hybridized carbons (Fsp3) is 0.178. The quantitative estimate of drug-likeness (QED) is 0.101. The number of aryl methyl sites for hydroxylation is 1. The van der Waals surface area contributed by atoms with Gasteiger partial charge >= 0.3 is 0 Å². The second-order valence-corrected chi connectivity index (χ2v) is 13.4. The second-order valence-electron chi connectivity index (χ2n) is 13.4. The zero-order valence-electron chi connectivity index (χ0n) is 32.1. The van der Waals surface area contributed by atoms with Crippen molar-refractivity contribution < 1.29 is 18.6 Å².